The van der Waals surface area contributed by atoms with Gasteiger partial charge in [0.25, 0.3) is 0 Å². The van der Waals surface area contributed by atoms with E-state index < -0.39 is 0 Å². The predicted octanol–water partition coefficient (Wildman–Crippen LogP) is 3.98. The summed E-state index contributed by atoms with van der Waals surface area (Å²) in [7, 11) is 0. The summed E-state index contributed by atoms with van der Waals surface area (Å²) >= 11 is 0. The molecule has 0 aromatic heterocycles. The van der Waals surface area contributed by atoms with Crippen molar-refractivity contribution in [2.75, 3.05) is 24.5 Å². The largest absolute Gasteiger partial charge is 0.372 e. The topological polar surface area (TPSA) is 15.3 Å². The fraction of sp³-hybridized carbons (Fsp3) is 0.667. The van der Waals surface area contributed by atoms with Crippen LogP contribution in [0.1, 0.15) is 44.7 Å². The van der Waals surface area contributed by atoms with Crippen molar-refractivity contribution in [2.45, 2.75) is 47.1 Å². The molecule has 1 N–H and O–H groups in total. The molecule has 0 atom stereocenters. The van der Waals surface area contributed by atoms with Crippen molar-refractivity contribution in [2.24, 2.45) is 11.8 Å². The van der Waals surface area contributed by atoms with Gasteiger partial charge in [0.2, 0.25) is 0 Å². The Balaban J connectivity index is 1.96. The van der Waals surface area contributed by atoms with E-state index in [1.165, 1.54) is 36.2 Å². The molecule has 2 heteroatoms. The Kier molecular flexibility index (Phi) is 5.47. The van der Waals surface area contributed by atoms with E-state index in [9.17, 15) is 0 Å². The Bertz CT molecular complexity index is 421. The first-order valence-corrected chi connectivity index (χ1v) is 8.15. The number of aryl methyl sites for hydroxylation is 1. The SMILES string of the molecule is CCN(CC1CC1)c1ccc(CNCC(C)C)c(C)c1. The van der Waals surface area contributed by atoms with Crippen molar-refractivity contribution in [1.29, 1.82) is 0 Å². The molecule has 2 nitrogen and oxygen atoms in total. The summed E-state index contributed by atoms with van der Waals surface area (Å²) in [6.45, 7) is 13.4. The maximum absolute atomic E-state index is 3.53. The zero-order valence-electron chi connectivity index (χ0n) is 13.6. The number of anilines is 1. The van der Waals surface area contributed by atoms with E-state index >= 15 is 0 Å². The Morgan fingerprint density at radius 3 is 2.60 bits per heavy atom. The van der Waals surface area contributed by atoms with Crippen LogP contribution in [0.4, 0.5) is 5.69 Å². The monoisotopic (exact) mass is 274 g/mol. The van der Waals surface area contributed by atoms with Crippen LogP contribution in [0.25, 0.3) is 0 Å². The Hall–Kier alpha value is -1.02. The van der Waals surface area contributed by atoms with Gasteiger partial charge >= 0.3 is 0 Å². The van der Waals surface area contributed by atoms with E-state index in [-0.39, 0.29) is 0 Å². The minimum atomic E-state index is 0.712. The van der Waals surface area contributed by atoms with Crippen LogP contribution < -0.4 is 10.2 Å². The molecule has 0 saturated heterocycles. The summed E-state index contributed by atoms with van der Waals surface area (Å²) in [5.74, 6) is 1.66. The van der Waals surface area contributed by atoms with Crippen molar-refractivity contribution in [3.05, 3.63) is 29.3 Å². The predicted molar refractivity (Wildman–Crippen MR) is 88.3 cm³/mol. The van der Waals surface area contributed by atoms with Crippen LogP contribution in [0.3, 0.4) is 0 Å². The quantitative estimate of drug-likeness (QED) is 0.771. The number of nitrogens with zero attached hydrogens (tertiary/aromatic N) is 1. The molecule has 20 heavy (non-hydrogen) atoms. The number of nitrogens with one attached hydrogen (secondary N) is 1. The highest BCUT2D eigenvalue weighted by Crippen LogP contribution is 2.31. The molecule has 0 spiro atoms. The van der Waals surface area contributed by atoms with Gasteiger partial charge in [-0.15, -0.1) is 0 Å². The van der Waals surface area contributed by atoms with E-state index in [1.807, 2.05) is 0 Å². The van der Waals surface area contributed by atoms with E-state index in [0.29, 0.717) is 5.92 Å². The number of benzene rings is 1. The highest BCUT2D eigenvalue weighted by atomic mass is 15.1. The summed E-state index contributed by atoms with van der Waals surface area (Å²) in [5, 5.41) is 3.53. The number of rotatable bonds is 8. The average Bonchev–Trinajstić information content (AvgIpc) is 3.21. The van der Waals surface area contributed by atoms with Gasteiger partial charge in [0.1, 0.15) is 0 Å². The van der Waals surface area contributed by atoms with Gasteiger partial charge < -0.3 is 10.2 Å². The molecule has 0 aliphatic heterocycles. The molecule has 1 saturated carbocycles. The van der Waals surface area contributed by atoms with Crippen LogP contribution >= 0.6 is 0 Å². The van der Waals surface area contributed by atoms with Crippen LogP contribution in [0, 0.1) is 18.8 Å². The Labute approximate surface area is 124 Å². The summed E-state index contributed by atoms with van der Waals surface area (Å²) < 4.78 is 0. The van der Waals surface area contributed by atoms with Gasteiger partial charge in [-0.3, -0.25) is 0 Å². The maximum Gasteiger partial charge on any atom is 0.0369 e. The molecule has 0 bridgehead atoms. The lowest BCUT2D eigenvalue weighted by molar-refractivity contribution is 0.551. The van der Waals surface area contributed by atoms with Crippen LogP contribution in [0.15, 0.2) is 18.2 Å². The maximum atomic E-state index is 3.53. The summed E-state index contributed by atoms with van der Waals surface area (Å²) in [6.07, 6.45) is 2.85. The Morgan fingerprint density at radius 1 is 1.30 bits per heavy atom. The molecule has 112 valence electrons. The third-order valence-electron chi connectivity index (χ3n) is 4.12. The van der Waals surface area contributed by atoms with E-state index in [0.717, 1.165) is 25.6 Å². The van der Waals surface area contributed by atoms with Gasteiger partial charge in [0, 0.05) is 25.3 Å². The summed E-state index contributed by atoms with van der Waals surface area (Å²) in [6, 6.07) is 6.96. The first-order chi connectivity index (χ1) is 9.60. The third-order valence-corrected chi connectivity index (χ3v) is 4.12. The highest BCUT2D eigenvalue weighted by Gasteiger charge is 2.23. The molecule has 1 aliphatic carbocycles. The average molecular weight is 274 g/mol. The molecule has 2 rings (SSSR count). The minimum absolute atomic E-state index is 0.712. The molecule has 0 amide bonds. The lowest BCUT2D eigenvalue weighted by atomic mass is 10.1. The summed E-state index contributed by atoms with van der Waals surface area (Å²) in [4.78, 5) is 2.52. The van der Waals surface area contributed by atoms with Crippen LogP contribution in [-0.2, 0) is 6.54 Å². The normalized spacial score (nSPS) is 14.8. The van der Waals surface area contributed by atoms with Gasteiger partial charge in [0.15, 0.2) is 0 Å². The van der Waals surface area contributed by atoms with Crippen molar-refractivity contribution >= 4 is 5.69 Å². The van der Waals surface area contributed by atoms with Crippen LogP contribution in [0.2, 0.25) is 0 Å². The molecule has 0 heterocycles. The zero-order valence-corrected chi connectivity index (χ0v) is 13.6. The van der Waals surface area contributed by atoms with Gasteiger partial charge in [-0.05, 0) is 68.3 Å². The van der Waals surface area contributed by atoms with Crippen molar-refractivity contribution < 1.29 is 0 Å². The minimum Gasteiger partial charge on any atom is -0.372 e. The molecular formula is C18H30N2. The lowest BCUT2D eigenvalue weighted by Gasteiger charge is -2.24. The van der Waals surface area contributed by atoms with Gasteiger partial charge in [-0.25, -0.2) is 0 Å². The van der Waals surface area contributed by atoms with Crippen molar-refractivity contribution in [1.82, 2.24) is 5.32 Å². The van der Waals surface area contributed by atoms with Gasteiger partial charge in [-0.2, -0.15) is 0 Å². The molecule has 0 radical (unpaired) electrons. The lowest BCUT2D eigenvalue weighted by Crippen LogP contribution is -2.25. The smallest absolute Gasteiger partial charge is 0.0369 e. The highest BCUT2D eigenvalue weighted by molar-refractivity contribution is 5.51. The molecular weight excluding hydrogens is 244 g/mol. The number of hydrogen-bond donors (Lipinski definition) is 1. The van der Waals surface area contributed by atoms with Crippen molar-refractivity contribution in [3.63, 3.8) is 0 Å². The fourth-order valence-electron chi connectivity index (χ4n) is 2.60. The first-order valence-electron chi connectivity index (χ1n) is 8.15. The molecule has 0 unspecified atom stereocenters. The molecule has 1 fully saturated rings. The van der Waals surface area contributed by atoms with E-state index in [1.54, 1.807) is 0 Å². The van der Waals surface area contributed by atoms with Gasteiger partial charge in [0.05, 0.1) is 0 Å². The van der Waals surface area contributed by atoms with Gasteiger partial charge in [-0.1, -0.05) is 19.9 Å². The first kappa shape index (κ1) is 15.4. The summed E-state index contributed by atoms with van der Waals surface area (Å²) in [5.41, 5.74) is 4.23. The Morgan fingerprint density at radius 2 is 2.05 bits per heavy atom. The number of hydrogen-bond acceptors (Lipinski definition) is 2. The second-order valence-corrected chi connectivity index (χ2v) is 6.62. The molecule has 1 aromatic rings. The fourth-order valence-corrected chi connectivity index (χ4v) is 2.60. The van der Waals surface area contributed by atoms with Crippen LogP contribution in [0.5, 0.6) is 0 Å². The van der Waals surface area contributed by atoms with E-state index in [2.05, 4.69) is 56.1 Å². The third kappa shape index (κ3) is 4.52. The second-order valence-electron chi connectivity index (χ2n) is 6.62. The standard InChI is InChI=1S/C18H30N2/c1-5-20(13-16-6-7-16)18-9-8-17(15(4)10-18)12-19-11-14(2)3/h8-10,14,16,19H,5-7,11-13H2,1-4H3. The molecule has 1 aromatic carbocycles. The second kappa shape index (κ2) is 7.12. The zero-order chi connectivity index (χ0) is 14.5. The van der Waals surface area contributed by atoms with Crippen LogP contribution in [-0.4, -0.2) is 19.6 Å². The van der Waals surface area contributed by atoms with Crippen molar-refractivity contribution in [3.8, 4) is 0 Å². The molecule has 1 aliphatic rings. The van der Waals surface area contributed by atoms with E-state index in [4.69, 9.17) is 0 Å².